The molecule has 0 radical (unpaired) electrons. The molecule has 2 fully saturated rings. The van der Waals surface area contributed by atoms with E-state index < -0.39 is 35.6 Å². The van der Waals surface area contributed by atoms with Crippen LogP contribution in [0.3, 0.4) is 0 Å². The summed E-state index contributed by atoms with van der Waals surface area (Å²) in [5.41, 5.74) is 2.03. The van der Waals surface area contributed by atoms with E-state index in [1.165, 1.54) is 21.9 Å². The molecule has 1 aliphatic carbocycles. The zero-order valence-corrected chi connectivity index (χ0v) is 19.3. The fourth-order valence-corrected chi connectivity index (χ4v) is 4.90. The second-order valence-corrected chi connectivity index (χ2v) is 9.33. The molecule has 4 rings (SSSR count). The lowest BCUT2D eigenvalue weighted by molar-refractivity contribution is -0.141. The molecule has 34 heavy (non-hydrogen) atoms. The average Bonchev–Trinajstić information content (AvgIpc) is 3.13. The predicted octanol–water partition coefficient (Wildman–Crippen LogP) is 2.98. The Balaban J connectivity index is 1.52. The summed E-state index contributed by atoms with van der Waals surface area (Å²) in [5.74, 6) is -4.53. The second-order valence-electron chi connectivity index (χ2n) is 9.33. The molecule has 182 valence electrons. The smallest absolute Gasteiger partial charge is 0.267 e. The summed E-state index contributed by atoms with van der Waals surface area (Å²) in [5, 5.41) is 6.49. The molecule has 10 heteroatoms. The summed E-state index contributed by atoms with van der Waals surface area (Å²) in [6.07, 6.45) is -0.113. The van der Waals surface area contributed by atoms with Gasteiger partial charge in [0.1, 0.15) is 12.4 Å². The fraction of sp³-hybridized carbons (Fsp3) is 0.500. The number of halogens is 3. The van der Waals surface area contributed by atoms with Crippen molar-refractivity contribution in [3.8, 4) is 0 Å². The lowest BCUT2D eigenvalue weighted by Crippen LogP contribution is -2.59. The van der Waals surface area contributed by atoms with E-state index in [1.807, 2.05) is 0 Å². The van der Waals surface area contributed by atoms with Gasteiger partial charge in [0.15, 0.2) is 0 Å². The van der Waals surface area contributed by atoms with E-state index in [-0.39, 0.29) is 49.9 Å². The van der Waals surface area contributed by atoms with Crippen LogP contribution in [-0.4, -0.2) is 62.9 Å². The van der Waals surface area contributed by atoms with Gasteiger partial charge in [-0.25, -0.2) is 18.3 Å². The van der Waals surface area contributed by atoms with Gasteiger partial charge in [0, 0.05) is 43.5 Å². The number of piperazine rings is 1. The molecule has 1 saturated heterocycles. The Hall–Kier alpha value is -3.17. The number of carbonyl (C=O) groups excluding carboxylic acids is 2. The summed E-state index contributed by atoms with van der Waals surface area (Å²) in [6, 6.07) is 3.16. The first kappa shape index (κ1) is 24.0. The number of hydrogen-bond acceptors (Lipinski definition) is 4. The van der Waals surface area contributed by atoms with Crippen molar-refractivity contribution in [1.82, 2.24) is 20.0 Å². The van der Waals surface area contributed by atoms with Gasteiger partial charge in [0.2, 0.25) is 11.8 Å². The van der Waals surface area contributed by atoms with E-state index in [1.54, 1.807) is 26.8 Å². The van der Waals surface area contributed by atoms with Gasteiger partial charge in [-0.05, 0) is 50.5 Å². The summed E-state index contributed by atoms with van der Waals surface area (Å²) < 4.78 is 42.0. The van der Waals surface area contributed by atoms with Crippen LogP contribution in [0.1, 0.15) is 58.9 Å². The van der Waals surface area contributed by atoms with E-state index in [2.05, 4.69) is 10.2 Å². The van der Waals surface area contributed by atoms with Gasteiger partial charge in [0.25, 0.3) is 11.5 Å². The van der Waals surface area contributed by atoms with Gasteiger partial charge in [-0.15, -0.1) is 0 Å². The number of aromatic amines is 1. The fourth-order valence-electron chi connectivity index (χ4n) is 4.90. The van der Waals surface area contributed by atoms with Crippen LogP contribution in [0.4, 0.5) is 13.2 Å². The minimum atomic E-state index is -2.78. The number of carbonyl (C=O) groups is 2. The Morgan fingerprint density at radius 2 is 1.97 bits per heavy atom. The monoisotopic (exact) mass is 476 g/mol. The van der Waals surface area contributed by atoms with Crippen molar-refractivity contribution in [3.63, 3.8) is 0 Å². The molecule has 2 aromatic rings. The molecule has 2 heterocycles. The van der Waals surface area contributed by atoms with Gasteiger partial charge >= 0.3 is 0 Å². The number of alkyl halides is 2. The van der Waals surface area contributed by atoms with E-state index in [9.17, 15) is 27.6 Å². The number of benzene rings is 1. The third kappa shape index (κ3) is 4.58. The number of aromatic nitrogens is 2. The van der Waals surface area contributed by atoms with Gasteiger partial charge in [-0.1, -0.05) is 6.07 Å². The van der Waals surface area contributed by atoms with Crippen molar-refractivity contribution in [2.75, 3.05) is 13.1 Å². The summed E-state index contributed by atoms with van der Waals surface area (Å²) in [7, 11) is 0. The Morgan fingerprint density at radius 3 is 2.62 bits per heavy atom. The summed E-state index contributed by atoms with van der Waals surface area (Å²) in [6.45, 7) is 5.02. The van der Waals surface area contributed by atoms with Crippen LogP contribution >= 0.6 is 0 Å². The van der Waals surface area contributed by atoms with Gasteiger partial charge in [0.05, 0.1) is 11.3 Å². The van der Waals surface area contributed by atoms with Crippen molar-refractivity contribution in [2.24, 2.45) is 0 Å². The summed E-state index contributed by atoms with van der Waals surface area (Å²) in [4.78, 5) is 40.4. The first-order valence-corrected chi connectivity index (χ1v) is 11.3. The number of hydrogen-bond donors (Lipinski definition) is 1. The van der Waals surface area contributed by atoms with E-state index >= 15 is 0 Å². The summed E-state index contributed by atoms with van der Waals surface area (Å²) >= 11 is 0. The maximum absolute atomic E-state index is 14.6. The van der Waals surface area contributed by atoms with E-state index in [4.69, 9.17) is 0 Å². The average molecular weight is 476 g/mol. The molecule has 0 spiro atoms. The van der Waals surface area contributed by atoms with Crippen LogP contribution < -0.4 is 5.56 Å². The maximum atomic E-state index is 14.6. The molecule has 1 N–H and O–H groups in total. The van der Waals surface area contributed by atoms with E-state index in [0.717, 1.165) is 0 Å². The SMILES string of the molecule is Cc1c(Cc2ccc(F)c(C(=O)N3CC(=O)N(C4CCC(F)(F)C4)C(C)C3)c2)n[nH]c(=O)c1C. The van der Waals surface area contributed by atoms with Gasteiger partial charge in [-0.2, -0.15) is 5.10 Å². The molecule has 1 saturated carbocycles. The second kappa shape index (κ2) is 8.88. The molecule has 1 aromatic carbocycles. The molecule has 1 aliphatic heterocycles. The van der Waals surface area contributed by atoms with Crippen LogP contribution in [0.5, 0.6) is 0 Å². The normalized spacial score (nSPS) is 22.4. The standard InChI is InChI=1S/C24H27F3N4O3/c1-13-11-30(12-21(32)31(13)17-6-7-24(26,27)10-17)23(34)18-8-16(4-5-19(18)25)9-20-14(2)15(3)22(33)29-28-20/h4-5,8,13,17H,6-7,9-12H2,1-3H3,(H,29,33). The van der Waals surface area contributed by atoms with Crippen molar-refractivity contribution in [2.45, 2.75) is 64.5 Å². The van der Waals surface area contributed by atoms with Crippen LogP contribution in [0.2, 0.25) is 0 Å². The largest absolute Gasteiger partial charge is 0.333 e. The lowest BCUT2D eigenvalue weighted by atomic mass is 10.0. The third-order valence-electron chi connectivity index (χ3n) is 6.89. The molecule has 2 unspecified atom stereocenters. The number of amides is 2. The Morgan fingerprint density at radius 1 is 1.24 bits per heavy atom. The molecule has 2 aliphatic rings. The van der Waals surface area contributed by atoms with Crippen molar-refractivity contribution in [1.29, 1.82) is 0 Å². The van der Waals surface area contributed by atoms with Crippen molar-refractivity contribution in [3.05, 3.63) is 62.3 Å². The highest BCUT2D eigenvalue weighted by molar-refractivity contribution is 5.97. The highest BCUT2D eigenvalue weighted by atomic mass is 19.3. The number of nitrogens with zero attached hydrogens (tertiary/aromatic N) is 3. The first-order valence-electron chi connectivity index (χ1n) is 11.3. The van der Waals surface area contributed by atoms with Crippen LogP contribution in [-0.2, 0) is 11.2 Å². The Bertz CT molecular complexity index is 1200. The Kier molecular flexibility index (Phi) is 6.26. The minimum Gasteiger partial charge on any atom is -0.333 e. The topological polar surface area (TPSA) is 86.4 Å². The minimum absolute atomic E-state index is 0.135. The van der Waals surface area contributed by atoms with Gasteiger partial charge in [-0.3, -0.25) is 14.4 Å². The number of nitrogens with one attached hydrogen (secondary N) is 1. The maximum Gasteiger partial charge on any atom is 0.267 e. The molecule has 0 bridgehead atoms. The Labute approximate surface area is 194 Å². The van der Waals surface area contributed by atoms with Crippen molar-refractivity contribution < 1.29 is 22.8 Å². The molecular weight excluding hydrogens is 449 g/mol. The highest BCUT2D eigenvalue weighted by Gasteiger charge is 2.46. The third-order valence-corrected chi connectivity index (χ3v) is 6.89. The molecular formula is C24H27F3N4O3. The van der Waals surface area contributed by atoms with E-state index in [0.29, 0.717) is 22.4 Å². The zero-order valence-electron chi connectivity index (χ0n) is 19.3. The molecule has 2 atom stereocenters. The van der Waals surface area contributed by atoms with Crippen LogP contribution in [0.15, 0.2) is 23.0 Å². The number of rotatable bonds is 4. The molecule has 1 aromatic heterocycles. The zero-order chi connectivity index (χ0) is 24.8. The van der Waals surface area contributed by atoms with Gasteiger partial charge < -0.3 is 9.80 Å². The number of H-pyrrole nitrogens is 1. The first-order chi connectivity index (χ1) is 16.0. The molecule has 2 amide bonds. The van der Waals surface area contributed by atoms with Crippen LogP contribution in [0.25, 0.3) is 0 Å². The quantitative estimate of drug-likeness (QED) is 0.735. The van der Waals surface area contributed by atoms with Crippen LogP contribution in [0, 0.1) is 19.7 Å². The molecule has 7 nitrogen and oxygen atoms in total. The van der Waals surface area contributed by atoms with Crippen molar-refractivity contribution >= 4 is 11.8 Å². The highest BCUT2D eigenvalue weighted by Crippen LogP contribution is 2.38. The predicted molar refractivity (Wildman–Crippen MR) is 118 cm³/mol. The lowest BCUT2D eigenvalue weighted by Gasteiger charge is -2.42.